The zero-order valence-corrected chi connectivity index (χ0v) is 15.3. The molecular weight excluding hydrogens is 392 g/mol. The number of anilines is 1. The van der Waals surface area contributed by atoms with E-state index in [9.17, 15) is 4.79 Å². The molecule has 1 aliphatic rings. The average Bonchev–Trinajstić information content (AvgIpc) is 3.04. The van der Waals surface area contributed by atoms with Crippen LogP contribution >= 0.6 is 27.3 Å². The smallest absolute Gasteiger partial charge is 0.246 e. The molecule has 1 N–H and O–H groups in total. The molecule has 2 aromatic rings. The molecule has 0 aliphatic carbocycles. The second-order valence-corrected chi connectivity index (χ2v) is 7.00. The minimum atomic E-state index is -0.180. The van der Waals surface area contributed by atoms with E-state index in [1.54, 1.807) is 17.6 Å². The van der Waals surface area contributed by atoms with E-state index < -0.39 is 0 Å². The number of hydrazone groups is 1. The first-order valence-corrected chi connectivity index (χ1v) is 9.22. The van der Waals surface area contributed by atoms with Crippen molar-refractivity contribution in [2.45, 2.75) is 6.42 Å². The lowest BCUT2D eigenvalue weighted by Gasteiger charge is -2.26. The molecule has 0 spiro atoms. The maximum Gasteiger partial charge on any atom is 0.246 e. The fraction of sp³-hybridized carbons (Fsp3) is 0.312. The van der Waals surface area contributed by atoms with Gasteiger partial charge in [-0.15, -0.1) is 11.3 Å². The molecule has 0 radical (unpaired) electrons. The summed E-state index contributed by atoms with van der Waals surface area (Å²) in [5, 5.41) is 6.84. The summed E-state index contributed by atoms with van der Waals surface area (Å²) in [4.78, 5) is 18.7. The number of carbonyl (C=O) groups excluding carboxylic acids is 1. The highest BCUT2D eigenvalue weighted by Gasteiger charge is 2.15. The first kappa shape index (κ1) is 17.1. The summed E-state index contributed by atoms with van der Waals surface area (Å²) < 4.78 is 6.30. The minimum Gasteiger partial charge on any atom is -0.378 e. The highest BCUT2D eigenvalue weighted by molar-refractivity contribution is 9.10. The maximum atomic E-state index is 12.0. The molecule has 1 fully saturated rings. The van der Waals surface area contributed by atoms with Gasteiger partial charge in [-0.05, 0) is 17.7 Å². The van der Waals surface area contributed by atoms with Crippen LogP contribution in [0.5, 0.6) is 0 Å². The summed E-state index contributed by atoms with van der Waals surface area (Å²) in [6.07, 6.45) is 1.83. The standard InChI is InChI=1S/C16H17BrN4O2S/c17-13-3-1-2-12(8-13)10-18-20-15(22)9-14-11-24-16(19-14)21-4-6-23-7-5-21/h1-3,8,10-11H,4-7,9H2,(H,20,22)/b18-10-. The summed E-state index contributed by atoms with van der Waals surface area (Å²) in [5.41, 5.74) is 4.21. The largest absolute Gasteiger partial charge is 0.378 e. The number of nitrogens with zero attached hydrogens (tertiary/aromatic N) is 3. The molecule has 0 saturated carbocycles. The van der Waals surface area contributed by atoms with E-state index in [1.165, 1.54) is 0 Å². The van der Waals surface area contributed by atoms with Crippen LogP contribution in [0.4, 0.5) is 5.13 Å². The molecular formula is C16H17BrN4O2S. The summed E-state index contributed by atoms with van der Waals surface area (Å²) in [6.45, 7) is 3.13. The summed E-state index contributed by atoms with van der Waals surface area (Å²) in [5.74, 6) is -0.180. The van der Waals surface area contributed by atoms with Gasteiger partial charge in [-0.2, -0.15) is 5.10 Å². The maximum absolute atomic E-state index is 12.0. The Balaban J connectivity index is 1.50. The van der Waals surface area contributed by atoms with E-state index in [4.69, 9.17) is 4.74 Å². The van der Waals surface area contributed by atoms with Gasteiger partial charge in [0.05, 0.1) is 31.5 Å². The van der Waals surface area contributed by atoms with Crippen molar-refractivity contribution in [3.8, 4) is 0 Å². The van der Waals surface area contributed by atoms with Crippen LogP contribution in [0.25, 0.3) is 0 Å². The molecule has 2 heterocycles. The second-order valence-electron chi connectivity index (χ2n) is 5.25. The van der Waals surface area contributed by atoms with Gasteiger partial charge >= 0.3 is 0 Å². The third-order valence-corrected chi connectivity index (χ3v) is 4.86. The van der Waals surface area contributed by atoms with Crippen LogP contribution in [0.15, 0.2) is 39.2 Å². The Morgan fingerprint density at radius 2 is 2.29 bits per heavy atom. The molecule has 126 valence electrons. The Bertz CT molecular complexity index is 728. The fourth-order valence-corrected chi connectivity index (χ4v) is 3.54. The molecule has 0 unspecified atom stereocenters. The minimum absolute atomic E-state index is 0.180. The zero-order chi connectivity index (χ0) is 16.8. The number of hydrogen-bond acceptors (Lipinski definition) is 6. The third-order valence-electron chi connectivity index (χ3n) is 3.41. The van der Waals surface area contributed by atoms with Gasteiger partial charge in [0.15, 0.2) is 5.13 Å². The number of nitrogens with one attached hydrogen (secondary N) is 1. The number of benzene rings is 1. The highest BCUT2D eigenvalue weighted by Crippen LogP contribution is 2.21. The van der Waals surface area contributed by atoms with Gasteiger partial charge in [-0.1, -0.05) is 28.1 Å². The summed E-state index contributed by atoms with van der Waals surface area (Å²) >= 11 is 4.95. The van der Waals surface area contributed by atoms with E-state index in [2.05, 4.69) is 36.3 Å². The van der Waals surface area contributed by atoms with E-state index >= 15 is 0 Å². The van der Waals surface area contributed by atoms with Gasteiger partial charge in [0, 0.05) is 22.9 Å². The molecule has 3 rings (SSSR count). The highest BCUT2D eigenvalue weighted by atomic mass is 79.9. The van der Waals surface area contributed by atoms with Gasteiger partial charge in [0.2, 0.25) is 5.91 Å². The zero-order valence-electron chi connectivity index (χ0n) is 12.9. The molecule has 1 aromatic heterocycles. The molecule has 1 saturated heterocycles. The molecule has 1 aromatic carbocycles. The van der Waals surface area contributed by atoms with E-state index in [0.29, 0.717) is 0 Å². The number of hydrogen-bond donors (Lipinski definition) is 1. The van der Waals surface area contributed by atoms with Crippen molar-refractivity contribution < 1.29 is 9.53 Å². The normalized spacial score (nSPS) is 15.0. The molecule has 1 amide bonds. The van der Waals surface area contributed by atoms with Crippen molar-refractivity contribution in [2.75, 3.05) is 31.2 Å². The van der Waals surface area contributed by atoms with Crippen LogP contribution in [0.3, 0.4) is 0 Å². The molecule has 0 atom stereocenters. The van der Waals surface area contributed by atoms with Gasteiger partial charge in [0.25, 0.3) is 0 Å². The molecule has 24 heavy (non-hydrogen) atoms. The van der Waals surface area contributed by atoms with Gasteiger partial charge in [-0.25, -0.2) is 10.4 Å². The van der Waals surface area contributed by atoms with Gasteiger partial charge in [-0.3, -0.25) is 4.79 Å². The fourth-order valence-electron chi connectivity index (χ4n) is 2.25. The van der Waals surface area contributed by atoms with Crippen molar-refractivity contribution >= 4 is 44.5 Å². The van der Waals surface area contributed by atoms with Crippen molar-refractivity contribution in [1.29, 1.82) is 0 Å². The number of halogens is 1. The van der Waals surface area contributed by atoms with E-state index in [1.807, 2.05) is 29.6 Å². The predicted molar refractivity (Wildman–Crippen MR) is 98.7 cm³/mol. The van der Waals surface area contributed by atoms with Crippen LogP contribution in [-0.2, 0) is 16.0 Å². The molecule has 6 nitrogen and oxygen atoms in total. The Kier molecular flexibility index (Phi) is 5.95. The number of ether oxygens (including phenoxy) is 1. The number of rotatable bonds is 5. The number of aromatic nitrogens is 1. The van der Waals surface area contributed by atoms with Crippen molar-refractivity contribution in [3.05, 3.63) is 45.4 Å². The van der Waals surface area contributed by atoms with E-state index in [0.717, 1.165) is 47.2 Å². The molecule has 1 aliphatic heterocycles. The van der Waals surface area contributed by atoms with Crippen molar-refractivity contribution in [2.24, 2.45) is 5.10 Å². The lowest BCUT2D eigenvalue weighted by molar-refractivity contribution is -0.120. The Labute approximate surface area is 152 Å². The van der Waals surface area contributed by atoms with Gasteiger partial charge < -0.3 is 9.64 Å². The van der Waals surface area contributed by atoms with E-state index in [-0.39, 0.29) is 12.3 Å². The first-order chi connectivity index (χ1) is 11.7. The van der Waals surface area contributed by atoms with Gasteiger partial charge in [0.1, 0.15) is 0 Å². The number of morpholine rings is 1. The number of thiazole rings is 1. The van der Waals surface area contributed by atoms with Crippen LogP contribution in [-0.4, -0.2) is 43.4 Å². The van der Waals surface area contributed by atoms with Crippen LogP contribution in [0.1, 0.15) is 11.3 Å². The first-order valence-electron chi connectivity index (χ1n) is 7.55. The van der Waals surface area contributed by atoms with Crippen molar-refractivity contribution in [3.63, 3.8) is 0 Å². The predicted octanol–water partition coefficient (Wildman–Crippen LogP) is 2.44. The Morgan fingerprint density at radius 3 is 3.08 bits per heavy atom. The van der Waals surface area contributed by atoms with Crippen LogP contribution in [0, 0.1) is 0 Å². The van der Waals surface area contributed by atoms with Crippen molar-refractivity contribution in [1.82, 2.24) is 10.4 Å². The second kappa shape index (κ2) is 8.36. The van der Waals surface area contributed by atoms with Crippen LogP contribution in [0.2, 0.25) is 0 Å². The lowest BCUT2D eigenvalue weighted by atomic mass is 10.2. The topological polar surface area (TPSA) is 66.8 Å². The molecule has 0 bridgehead atoms. The van der Waals surface area contributed by atoms with Crippen LogP contribution < -0.4 is 10.3 Å². The lowest BCUT2D eigenvalue weighted by Crippen LogP contribution is -2.36. The molecule has 8 heteroatoms. The Morgan fingerprint density at radius 1 is 1.46 bits per heavy atom. The summed E-state index contributed by atoms with van der Waals surface area (Å²) in [7, 11) is 0. The summed E-state index contributed by atoms with van der Waals surface area (Å²) in [6, 6.07) is 7.68. The average molecular weight is 409 g/mol. The number of amides is 1. The quantitative estimate of drug-likeness (QED) is 0.609. The third kappa shape index (κ3) is 4.86. The SMILES string of the molecule is O=C(Cc1csc(N2CCOCC2)n1)N/N=C\c1cccc(Br)c1. The Hall–Kier alpha value is -1.77. The monoisotopic (exact) mass is 408 g/mol. The number of carbonyl (C=O) groups is 1.